The fourth-order valence-electron chi connectivity index (χ4n) is 1.11. The molecular weight excluding hydrogens is 236 g/mol. The highest BCUT2D eigenvalue weighted by Gasteiger charge is 2.31. The van der Waals surface area contributed by atoms with Crippen LogP contribution in [0.15, 0.2) is 0 Å². The molecule has 13 heavy (non-hydrogen) atoms. The van der Waals surface area contributed by atoms with Crippen LogP contribution in [-0.2, 0) is 9.53 Å². The van der Waals surface area contributed by atoms with Crippen LogP contribution in [-0.4, -0.2) is 29.0 Å². The van der Waals surface area contributed by atoms with Gasteiger partial charge in [-0.15, -0.1) is 0 Å². The average molecular weight is 247 g/mol. The first kappa shape index (κ1) is 11.4. The van der Waals surface area contributed by atoms with Crippen LogP contribution in [0.4, 0.5) is 0 Å². The second-order valence-corrected chi connectivity index (χ2v) is 5.12. The molecule has 0 radical (unpaired) electrons. The van der Waals surface area contributed by atoms with E-state index in [9.17, 15) is 4.79 Å². The van der Waals surface area contributed by atoms with Gasteiger partial charge < -0.3 is 10.1 Å². The van der Waals surface area contributed by atoms with Crippen molar-refractivity contribution < 1.29 is 9.53 Å². The zero-order chi connectivity index (χ0) is 9.90. The predicted octanol–water partition coefficient (Wildman–Crippen LogP) is 1.65. The minimum absolute atomic E-state index is 0.0660. The summed E-state index contributed by atoms with van der Waals surface area (Å²) >= 11 is 16.0. The Morgan fingerprint density at radius 1 is 1.54 bits per heavy atom. The Hall–Kier alpha value is 0.300. The molecule has 0 bridgehead atoms. The summed E-state index contributed by atoms with van der Waals surface area (Å²) in [5.41, 5.74) is 0. The molecule has 0 aliphatic carbocycles. The molecule has 0 saturated carbocycles. The second-order valence-electron chi connectivity index (χ2n) is 2.84. The van der Waals surface area contributed by atoms with E-state index >= 15 is 0 Å². The van der Waals surface area contributed by atoms with E-state index in [2.05, 4.69) is 5.32 Å². The van der Waals surface area contributed by atoms with Crippen molar-refractivity contribution in [2.24, 2.45) is 0 Å². The number of nitrogens with one attached hydrogen (secondary N) is 1. The lowest BCUT2D eigenvalue weighted by atomic mass is 10.2. The van der Waals surface area contributed by atoms with Crippen molar-refractivity contribution in [3.63, 3.8) is 0 Å². The van der Waals surface area contributed by atoms with Gasteiger partial charge in [0.1, 0.15) is 0 Å². The molecule has 1 fully saturated rings. The monoisotopic (exact) mass is 245 g/mol. The number of alkyl halides is 3. The van der Waals surface area contributed by atoms with Crippen LogP contribution in [0.5, 0.6) is 0 Å². The normalized spacial score (nSPS) is 23.2. The molecule has 0 aromatic carbocycles. The van der Waals surface area contributed by atoms with E-state index in [4.69, 9.17) is 39.5 Å². The Bertz CT molecular complexity index is 187. The van der Waals surface area contributed by atoms with Crippen molar-refractivity contribution in [1.82, 2.24) is 5.32 Å². The molecular formula is C7H10Cl3NO2. The van der Waals surface area contributed by atoms with Gasteiger partial charge in [0, 0.05) is 13.2 Å². The predicted molar refractivity (Wildman–Crippen MR) is 52.3 cm³/mol. The summed E-state index contributed by atoms with van der Waals surface area (Å²) in [4.78, 5) is 11.1. The summed E-state index contributed by atoms with van der Waals surface area (Å²) in [6.45, 7) is 1.15. The van der Waals surface area contributed by atoms with E-state index in [1.165, 1.54) is 0 Å². The lowest BCUT2D eigenvalue weighted by molar-refractivity contribution is -0.120. The van der Waals surface area contributed by atoms with Gasteiger partial charge in [0.15, 0.2) is 0 Å². The van der Waals surface area contributed by atoms with E-state index in [0.29, 0.717) is 6.54 Å². The van der Waals surface area contributed by atoms with E-state index in [0.717, 1.165) is 19.4 Å². The SMILES string of the molecule is O=C(NC[C@@H]1CCCO1)C(Cl)(Cl)Cl. The van der Waals surface area contributed by atoms with Crippen LogP contribution in [0.3, 0.4) is 0 Å². The molecule has 1 heterocycles. The smallest absolute Gasteiger partial charge is 0.272 e. The number of ether oxygens (including phenoxy) is 1. The summed E-state index contributed by atoms with van der Waals surface area (Å²) in [6, 6.07) is 0. The van der Waals surface area contributed by atoms with Crippen molar-refractivity contribution in [3.8, 4) is 0 Å². The topological polar surface area (TPSA) is 38.3 Å². The minimum Gasteiger partial charge on any atom is -0.376 e. The van der Waals surface area contributed by atoms with E-state index < -0.39 is 9.70 Å². The van der Waals surface area contributed by atoms with Gasteiger partial charge in [0.25, 0.3) is 9.70 Å². The maximum Gasteiger partial charge on any atom is 0.272 e. The molecule has 1 aliphatic rings. The van der Waals surface area contributed by atoms with Gasteiger partial charge in [0.05, 0.1) is 6.10 Å². The van der Waals surface area contributed by atoms with Crippen molar-refractivity contribution in [2.45, 2.75) is 22.7 Å². The van der Waals surface area contributed by atoms with Gasteiger partial charge in [-0.05, 0) is 12.8 Å². The maximum atomic E-state index is 11.1. The van der Waals surface area contributed by atoms with Crippen molar-refractivity contribution in [3.05, 3.63) is 0 Å². The third kappa shape index (κ3) is 3.90. The van der Waals surface area contributed by atoms with Gasteiger partial charge >= 0.3 is 0 Å². The van der Waals surface area contributed by atoms with Gasteiger partial charge in [0.2, 0.25) is 0 Å². The molecule has 3 nitrogen and oxygen atoms in total. The molecule has 6 heteroatoms. The van der Waals surface area contributed by atoms with Gasteiger partial charge in [-0.25, -0.2) is 0 Å². The fraction of sp³-hybridized carbons (Fsp3) is 0.857. The largest absolute Gasteiger partial charge is 0.376 e. The van der Waals surface area contributed by atoms with Crippen LogP contribution in [0, 0.1) is 0 Å². The van der Waals surface area contributed by atoms with Crippen LogP contribution in [0.25, 0.3) is 0 Å². The lowest BCUT2D eigenvalue weighted by Crippen LogP contribution is -2.39. The standard InChI is InChI=1S/C7H10Cl3NO2/c8-7(9,10)6(12)11-4-5-2-1-3-13-5/h5H,1-4H2,(H,11,12)/t5-/m0/s1. The van der Waals surface area contributed by atoms with Crippen molar-refractivity contribution in [1.29, 1.82) is 0 Å². The first-order valence-corrected chi connectivity index (χ1v) is 5.10. The van der Waals surface area contributed by atoms with Crippen LogP contribution in [0.2, 0.25) is 0 Å². The van der Waals surface area contributed by atoms with Crippen LogP contribution >= 0.6 is 34.8 Å². The number of hydrogen-bond donors (Lipinski definition) is 1. The highest BCUT2D eigenvalue weighted by Crippen LogP contribution is 2.25. The maximum absolute atomic E-state index is 11.1. The average Bonchev–Trinajstić information content (AvgIpc) is 2.50. The number of rotatable bonds is 2. The molecule has 1 rings (SSSR count). The molecule has 0 aromatic heterocycles. The summed E-state index contributed by atoms with van der Waals surface area (Å²) in [5.74, 6) is -0.604. The van der Waals surface area contributed by atoms with E-state index in [-0.39, 0.29) is 6.10 Å². The molecule has 76 valence electrons. The quantitative estimate of drug-likeness (QED) is 0.753. The number of carbonyl (C=O) groups excluding carboxylic acids is 1. The molecule has 1 N–H and O–H groups in total. The third-order valence-electron chi connectivity index (χ3n) is 1.77. The Morgan fingerprint density at radius 3 is 2.69 bits per heavy atom. The van der Waals surface area contributed by atoms with Crippen LogP contribution in [0.1, 0.15) is 12.8 Å². The van der Waals surface area contributed by atoms with Crippen molar-refractivity contribution >= 4 is 40.7 Å². The summed E-state index contributed by atoms with van der Waals surface area (Å²) in [7, 11) is 0. The van der Waals surface area contributed by atoms with Crippen LogP contribution < -0.4 is 5.32 Å². The number of hydrogen-bond acceptors (Lipinski definition) is 2. The molecule has 0 spiro atoms. The molecule has 1 amide bonds. The number of carbonyl (C=O) groups is 1. The molecule has 1 aliphatic heterocycles. The Kier molecular flexibility index (Phi) is 4.10. The Labute approximate surface area is 91.7 Å². The molecule has 1 atom stereocenters. The fourth-order valence-corrected chi connectivity index (χ4v) is 1.31. The Balaban J connectivity index is 2.22. The van der Waals surface area contributed by atoms with Gasteiger partial charge in [-0.2, -0.15) is 0 Å². The van der Waals surface area contributed by atoms with E-state index in [1.54, 1.807) is 0 Å². The van der Waals surface area contributed by atoms with Gasteiger partial charge in [-0.3, -0.25) is 4.79 Å². The Morgan fingerprint density at radius 2 is 2.23 bits per heavy atom. The highest BCUT2D eigenvalue weighted by molar-refractivity contribution is 6.76. The first-order chi connectivity index (χ1) is 6.00. The third-order valence-corrected chi connectivity index (χ3v) is 2.29. The van der Waals surface area contributed by atoms with E-state index in [1.807, 2.05) is 0 Å². The zero-order valence-electron chi connectivity index (χ0n) is 6.86. The second kappa shape index (κ2) is 4.69. The molecule has 1 saturated heterocycles. The molecule has 0 aromatic rings. The molecule has 0 unspecified atom stereocenters. The lowest BCUT2D eigenvalue weighted by Gasteiger charge is -2.14. The minimum atomic E-state index is -1.88. The number of halogens is 3. The summed E-state index contributed by atoms with van der Waals surface area (Å²) < 4.78 is 3.40. The van der Waals surface area contributed by atoms with Crippen molar-refractivity contribution in [2.75, 3.05) is 13.2 Å². The van der Waals surface area contributed by atoms with Gasteiger partial charge in [-0.1, -0.05) is 34.8 Å². The zero-order valence-corrected chi connectivity index (χ0v) is 9.12. The summed E-state index contributed by atoms with van der Waals surface area (Å²) in [5, 5.41) is 2.50. The highest BCUT2D eigenvalue weighted by atomic mass is 35.6. The number of amides is 1. The summed E-state index contributed by atoms with van der Waals surface area (Å²) in [6.07, 6.45) is 2.03. The first-order valence-electron chi connectivity index (χ1n) is 3.97.